The molecule has 0 spiro atoms. The van der Waals surface area contributed by atoms with Gasteiger partial charge in [-0.1, -0.05) is 18.2 Å². The molecule has 1 atom stereocenters. The fraction of sp³-hybridized carbons (Fsp3) is 0.211. The van der Waals surface area contributed by atoms with Crippen LogP contribution in [0.4, 0.5) is 4.39 Å². The van der Waals surface area contributed by atoms with E-state index >= 15 is 0 Å². The Morgan fingerprint density at radius 3 is 2.63 bits per heavy atom. The smallest absolute Gasteiger partial charge is 0.307 e. The van der Waals surface area contributed by atoms with Crippen LogP contribution >= 0.6 is 22.7 Å². The monoisotopic (exact) mass is 404 g/mol. The van der Waals surface area contributed by atoms with Gasteiger partial charge in [-0.25, -0.2) is 9.37 Å². The second-order valence-electron chi connectivity index (χ2n) is 5.77. The zero-order chi connectivity index (χ0) is 19.4. The van der Waals surface area contributed by atoms with Crippen LogP contribution in [0, 0.1) is 12.7 Å². The molecule has 0 saturated heterocycles. The number of aryl methyl sites for hydroxylation is 1. The maximum Gasteiger partial charge on any atom is 0.307 e. The summed E-state index contributed by atoms with van der Waals surface area (Å²) in [5.74, 6) is -1.18. The number of hydrogen-bond donors (Lipinski definition) is 1. The summed E-state index contributed by atoms with van der Waals surface area (Å²) in [6.07, 6.45) is -0.0521. The zero-order valence-corrected chi connectivity index (χ0v) is 16.3. The molecule has 1 aromatic carbocycles. The highest BCUT2D eigenvalue weighted by molar-refractivity contribution is 7.22. The molecule has 0 radical (unpaired) electrons. The summed E-state index contributed by atoms with van der Waals surface area (Å²) in [7, 11) is 1.28. The van der Waals surface area contributed by atoms with Crippen LogP contribution in [0.3, 0.4) is 0 Å². The standard InChI is InChI=1S/C19H17FN2O3S2/c1-11-17(27-19(21-11)15-4-3-9-26-15)18(24)22-14(10-16(23)25-2)12-5-7-13(20)8-6-12/h3-9,14H,10H2,1-2H3,(H,22,24). The van der Waals surface area contributed by atoms with Crippen LogP contribution in [0.2, 0.25) is 0 Å². The normalized spacial score (nSPS) is 11.8. The fourth-order valence-electron chi connectivity index (χ4n) is 2.53. The molecule has 0 aliphatic carbocycles. The van der Waals surface area contributed by atoms with Crippen molar-refractivity contribution in [3.63, 3.8) is 0 Å². The Hall–Kier alpha value is -2.58. The van der Waals surface area contributed by atoms with Gasteiger partial charge in [0, 0.05) is 0 Å². The molecule has 0 saturated carbocycles. The van der Waals surface area contributed by atoms with Gasteiger partial charge >= 0.3 is 5.97 Å². The fourth-order valence-corrected chi connectivity index (χ4v) is 4.30. The average Bonchev–Trinajstić information content (AvgIpc) is 3.31. The maximum atomic E-state index is 13.2. The predicted molar refractivity (Wildman–Crippen MR) is 103 cm³/mol. The van der Waals surface area contributed by atoms with Gasteiger partial charge in [0.2, 0.25) is 0 Å². The number of thiophene rings is 1. The van der Waals surface area contributed by atoms with Crippen LogP contribution in [0.15, 0.2) is 41.8 Å². The summed E-state index contributed by atoms with van der Waals surface area (Å²) in [5, 5.41) is 5.57. The number of thiazole rings is 1. The Balaban J connectivity index is 1.83. The number of ether oxygens (including phenoxy) is 1. The topological polar surface area (TPSA) is 68.3 Å². The van der Waals surface area contributed by atoms with Crippen molar-refractivity contribution in [2.45, 2.75) is 19.4 Å². The van der Waals surface area contributed by atoms with Crippen molar-refractivity contribution >= 4 is 34.6 Å². The summed E-state index contributed by atoms with van der Waals surface area (Å²) in [6, 6.07) is 8.91. The van der Waals surface area contributed by atoms with Gasteiger partial charge in [-0.3, -0.25) is 9.59 Å². The van der Waals surface area contributed by atoms with Crippen molar-refractivity contribution in [1.29, 1.82) is 0 Å². The molecule has 27 heavy (non-hydrogen) atoms. The van der Waals surface area contributed by atoms with E-state index in [4.69, 9.17) is 4.74 Å². The van der Waals surface area contributed by atoms with Crippen molar-refractivity contribution in [3.05, 3.63) is 63.7 Å². The molecule has 0 aliphatic heterocycles. The van der Waals surface area contributed by atoms with Gasteiger partial charge in [-0.15, -0.1) is 22.7 Å². The highest BCUT2D eigenvalue weighted by atomic mass is 32.1. The van der Waals surface area contributed by atoms with E-state index in [2.05, 4.69) is 10.3 Å². The van der Waals surface area contributed by atoms with E-state index in [1.54, 1.807) is 30.4 Å². The molecule has 2 heterocycles. The van der Waals surface area contributed by atoms with E-state index in [1.807, 2.05) is 17.5 Å². The first-order valence-electron chi connectivity index (χ1n) is 8.12. The maximum absolute atomic E-state index is 13.2. The molecule has 5 nitrogen and oxygen atoms in total. The number of esters is 1. The second kappa shape index (κ2) is 8.41. The number of carbonyl (C=O) groups excluding carboxylic acids is 2. The van der Waals surface area contributed by atoms with Gasteiger partial charge in [-0.05, 0) is 36.1 Å². The molecule has 2 aromatic heterocycles. The summed E-state index contributed by atoms with van der Waals surface area (Å²) in [4.78, 5) is 30.5. The first-order chi connectivity index (χ1) is 13.0. The lowest BCUT2D eigenvalue weighted by atomic mass is 10.0. The van der Waals surface area contributed by atoms with Crippen LogP contribution in [0.5, 0.6) is 0 Å². The Morgan fingerprint density at radius 2 is 2.00 bits per heavy atom. The summed E-state index contributed by atoms with van der Waals surface area (Å²) >= 11 is 2.85. The number of halogens is 1. The van der Waals surface area contributed by atoms with Crippen LogP contribution < -0.4 is 5.32 Å². The van der Waals surface area contributed by atoms with E-state index in [1.165, 1.54) is 30.6 Å². The number of methoxy groups -OCH3 is 1. The lowest BCUT2D eigenvalue weighted by Gasteiger charge is -2.18. The van der Waals surface area contributed by atoms with E-state index in [9.17, 15) is 14.0 Å². The van der Waals surface area contributed by atoms with Gasteiger partial charge in [-0.2, -0.15) is 0 Å². The number of nitrogens with one attached hydrogen (secondary N) is 1. The quantitative estimate of drug-likeness (QED) is 0.620. The Labute approximate surface area is 163 Å². The molecule has 3 aromatic rings. The molecule has 0 fully saturated rings. The Morgan fingerprint density at radius 1 is 1.26 bits per heavy atom. The molecular weight excluding hydrogens is 387 g/mol. The largest absolute Gasteiger partial charge is 0.469 e. The third-order valence-corrected chi connectivity index (χ3v) is 6.11. The lowest BCUT2D eigenvalue weighted by molar-refractivity contribution is -0.141. The predicted octanol–water partition coefficient (Wildman–Crippen LogP) is 4.35. The van der Waals surface area contributed by atoms with E-state index in [-0.39, 0.29) is 18.1 Å². The number of rotatable bonds is 6. The molecule has 1 N–H and O–H groups in total. The van der Waals surface area contributed by atoms with Crippen molar-refractivity contribution in [3.8, 4) is 9.88 Å². The van der Waals surface area contributed by atoms with Crippen LogP contribution in [-0.2, 0) is 9.53 Å². The first-order valence-corrected chi connectivity index (χ1v) is 9.82. The van der Waals surface area contributed by atoms with Crippen molar-refractivity contribution < 1.29 is 18.7 Å². The number of amides is 1. The van der Waals surface area contributed by atoms with Crippen LogP contribution in [0.1, 0.15) is 33.4 Å². The molecular formula is C19H17FN2O3S2. The van der Waals surface area contributed by atoms with Gasteiger partial charge in [0.15, 0.2) is 0 Å². The molecule has 0 bridgehead atoms. The minimum absolute atomic E-state index is 0.0521. The molecule has 8 heteroatoms. The zero-order valence-electron chi connectivity index (χ0n) is 14.7. The Kier molecular flexibility index (Phi) is 5.98. The van der Waals surface area contributed by atoms with E-state index < -0.39 is 12.0 Å². The van der Waals surface area contributed by atoms with Crippen molar-refractivity contribution in [1.82, 2.24) is 10.3 Å². The first kappa shape index (κ1) is 19.2. The van der Waals surface area contributed by atoms with Gasteiger partial charge < -0.3 is 10.1 Å². The molecule has 1 amide bonds. The molecule has 0 aliphatic rings. The number of hydrogen-bond acceptors (Lipinski definition) is 6. The van der Waals surface area contributed by atoms with Gasteiger partial charge in [0.25, 0.3) is 5.91 Å². The van der Waals surface area contributed by atoms with Crippen molar-refractivity contribution in [2.24, 2.45) is 0 Å². The number of benzene rings is 1. The van der Waals surface area contributed by atoms with E-state index in [0.29, 0.717) is 16.1 Å². The number of nitrogens with zero attached hydrogens (tertiary/aromatic N) is 1. The van der Waals surface area contributed by atoms with Crippen molar-refractivity contribution in [2.75, 3.05) is 7.11 Å². The third-order valence-electron chi connectivity index (χ3n) is 3.91. The summed E-state index contributed by atoms with van der Waals surface area (Å²) in [6.45, 7) is 1.77. The molecule has 140 valence electrons. The van der Waals surface area contributed by atoms with Crippen LogP contribution in [-0.4, -0.2) is 24.0 Å². The minimum atomic E-state index is -0.628. The average molecular weight is 404 g/mol. The minimum Gasteiger partial charge on any atom is -0.469 e. The van der Waals surface area contributed by atoms with E-state index in [0.717, 1.165) is 9.88 Å². The SMILES string of the molecule is COC(=O)CC(NC(=O)c1sc(-c2cccs2)nc1C)c1ccc(F)cc1. The molecule has 3 rings (SSSR count). The van der Waals surface area contributed by atoms with Gasteiger partial charge in [0.1, 0.15) is 15.7 Å². The Bertz CT molecular complexity index is 937. The molecule has 1 unspecified atom stereocenters. The lowest BCUT2D eigenvalue weighted by Crippen LogP contribution is -2.30. The van der Waals surface area contributed by atoms with Crippen LogP contribution in [0.25, 0.3) is 9.88 Å². The highest BCUT2D eigenvalue weighted by Gasteiger charge is 2.23. The van der Waals surface area contributed by atoms with Gasteiger partial charge in [0.05, 0.1) is 30.1 Å². The highest BCUT2D eigenvalue weighted by Crippen LogP contribution is 2.31. The number of carbonyl (C=O) groups is 2. The third kappa shape index (κ3) is 4.58. The summed E-state index contributed by atoms with van der Waals surface area (Å²) < 4.78 is 17.9. The second-order valence-corrected chi connectivity index (χ2v) is 7.72. The summed E-state index contributed by atoms with van der Waals surface area (Å²) in [5.41, 5.74) is 1.24. The number of aromatic nitrogens is 1.